The summed E-state index contributed by atoms with van der Waals surface area (Å²) >= 11 is 0. The molecule has 2 rings (SSSR count). The minimum absolute atomic E-state index is 0.152. The third-order valence-electron chi connectivity index (χ3n) is 2.04. The predicted octanol–water partition coefficient (Wildman–Crippen LogP) is 0.349. The van der Waals surface area contributed by atoms with E-state index in [1.54, 1.807) is 0 Å². The fraction of sp³-hybridized carbons (Fsp3) is 0. The Bertz CT molecular complexity index is 543. The largest absolute Gasteiger partial charge is 0.472 e. The van der Waals surface area contributed by atoms with Crippen molar-refractivity contribution in [3.8, 4) is 0 Å². The second-order valence-corrected chi connectivity index (χ2v) is 3.11. The van der Waals surface area contributed by atoms with Crippen LogP contribution < -0.4 is 11.1 Å². The molecule has 0 spiro atoms. The predicted molar refractivity (Wildman–Crippen MR) is 57.8 cm³/mol. The quantitative estimate of drug-likeness (QED) is 0.264. The molecule has 0 unspecified atom stereocenters. The topological polar surface area (TPSA) is 130 Å². The molecule has 0 radical (unpaired) electrons. The lowest BCUT2D eigenvalue weighted by Gasteiger charge is -2.02. The van der Waals surface area contributed by atoms with Crippen LogP contribution in [0.4, 0.5) is 5.82 Å². The number of carbonyl (C=O) groups is 1. The zero-order chi connectivity index (χ0) is 12.3. The molecule has 17 heavy (non-hydrogen) atoms. The SMILES string of the molecule is NC(=NO)c1cn[nH]c1NC(=O)c1ccoc1. The van der Waals surface area contributed by atoms with Crippen molar-refractivity contribution in [3.63, 3.8) is 0 Å². The van der Waals surface area contributed by atoms with Crippen molar-refractivity contribution in [2.75, 3.05) is 5.32 Å². The number of aromatic nitrogens is 2. The molecule has 0 atom stereocenters. The number of furan rings is 1. The molecule has 0 fully saturated rings. The normalized spacial score (nSPS) is 11.4. The Morgan fingerprint density at radius 2 is 2.47 bits per heavy atom. The van der Waals surface area contributed by atoms with Crippen molar-refractivity contribution in [2.45, 2.75) is 0 Å². The van der Waals surface area contributed by atoms with E-state index in [1.807, 2.05) is 0 Å². The minimum atomic E-state index is -0.394. The third kappa shape index (κ3) is 2.09. The van der Waals surface area contributed by atoms with Gasteiger partial charge in [-0.1, -0.05) is 5.16 Å². The smallest absolute Gasteiger partial charge is 0.260 e. The Morgan fingerprint density at radius 3 is 3.12 bits per heavy atom. The summed E-state index contributed by atoms with van der Waals surface area (Å²) < 4.78 is 4.78. The lowest BCUT2D eigenvalue weighted by atomic mass is 10.3. The van der Waals surface area contributed by atoms with Gasteiger partial charge in [-0.15, -0.1) is 0 Å². The van der Waals surface area contributed by atoms with Gasteiger partial charge in [-0.25, -0.2) is 0 Å². The minimum Gasteiger partial charge on any atom is -0.472 e. The summed E-state index contributed by atoms with van der Waals surface area (Å²) in [5.74, 6) is -0.303. The van der Waals surface area contributed by atoms with E-state index < -0.39 is 5.91 Å². The molecule has 0 saturated heterocycles. The van der Waals surface area contributed by atoms with Crippen molar-refractivity contribution >= 4 is 17.6 Å². The first-order valence-electron chi connectivity index (χ1n) is 4.57. The maximum atomic E-state index is 11.7. The van der Waals surface area contributed by atoms with E-state index in [9.17, 15) is 4.79 Å². The zero-order valence-electron chi connectivity index (χ0n) is 8.54. The summed E-state index contributed by atoms with van der Waals surface area (Å²) in [7, 11) is 0. The van der Waals surface area contributed by atoms with E-state index in [4.69, 9.17) is 15.4 Å². The zero-order valence-corrected chi connectivity index (χ0v) is 8.54. The number of amides is 1. The Kier molecular flexibility index (Phi) is 2.77. The summed E-state index contributed by atoms with van der Waals surface area (Å²) in [5, 5.41) is 20.1. The second kappa shape index (κ2) is 4.39. The van der Waals surface area contributed by atoms with Crippen molar-refractivity contribution in [1.82, 2.24) is 10.2 Å². The Balaban J connectivity index is 2.20. The number of nitrogens with zero attached hydrogens (tertiary/aromatic N) is 2. The van der Waals surface area contributed by atoms with Crippen LogP contribution in [0.1, 0.15) is 15.9 Å². The number of carbonyl (C=O) groups excluding carboxylic acids is 1. The summed E-state index contributed by atoms with van der Waals surface area (Å²) in [5.41, 5.74) is 6.05. The highest BCUT2D eigenvalue weighted by Crippen LogP contribution is 2.12. The van der Waals surface area contributed by atoms with E-state index in [0.717, 1.165) is 0 Å². The van der Waals surface area contributed by atoms with Crippen molar-refractivity contribution < 1.29 is 14.4 Å². The lowest BCUT2D eigenvalue weighted by Crippen LogP contribution is -2.18. The molecule has 0 aliphatic carbocycles. The van der Waals surface area contributed by atoms with Gasteiger partial charge < -0.3 is 20.7 Å². The maximum absolute atomic E-state index is 11.7. The Morgan fingerprint density at radius 1 is 1.65 bits per heavy atom. The monoisotopic (exact) mass is 235 g/mol. The van der Waals surface area contributed by atoms with Gasteiger partial charge in [0.05, 0.1) is 23.6 Å². The summed E-state index contributed by atoms with van der Waals surface area (Å²) in [6, 6.07) is 1.51. The van der Waals surface area contributed by atoms with Gasteiger partial charge in [-0.3, -0.25) is 9.89 Å². The molecule has 2 aromatic rings. The molecule has 0 aromatic carbocycles. The number of aromatic amines is 1. The number of hydrogen-bond acceptors (Lipinski definition) is 5. The van der Waals surface area contributed by atoms with Gasteiger partial charge in [-0.05, 0) is 6.07 Å². The second-order valence-electron chi connectivity index (χ2n) is 3.11. The number of nitrogens with one attached hydrogen (secondary N) is 2. The molecule has 8 heteroatoms. The number of rotatable bonds is 3. The van der Waals surface area contributed by atoms with Gasteiger partial charge in [0.25, 0.3) is 5.91 Å². The maximum Gasteiger partial charge on any atom is 0.260 e. The molecule has 2 heterocycles. The van der Waals surface area contributed by atoms with Crippen LogP contribution in [-0.2, 0) is 0 Å². The number of oxime groups is 1. The van der Waals surface area contributed by atoms with E-state index in [2.05, 4.69) is 20.7 Å². The lowest BCUT2D eigenvalue weighted by molar-refractivity contribution is 0.102. The molecule has 0 aliphatic rings. The molecule has 0 aliphatic heterocycles. The highest BCUT2D eigenvalue weighted by molar-refractivity contribution is 6.08. The van der Waals surface area contributed by atoms with Crippen molar-refractivity contribution in [3.05, 3.63) is 35.9 Å². The molecule has 8 nitrogen and oxygen atoms in total. The first-order chi connectivity index (χ1) is 8.22. The fourth-order valence-corrected chi connectivity index (χ4v) is 1.21. The van der Waals surface area contributed by atoms with Crippen molar-refractivity contribution in [2.24, 2.45) is 10.9 Å². The van der Waals surface area contributed by atoms with E-state index in [0.29, 0.717) is 11.1 Å². The number of hydrogen-bond donors (Lipinski definition) is 4. The summed E-state index contributed by atoms with van der Waals surface area (Å²) in [6.07, 6.45) is 4.02. The average Bonchev–Trinajstić information content (AvgIpc) is 2.98. The van der Waals surface area contributed by atoms with Crippen LogP contribution in [0.15, 0.2) is 34.4 Å². The molecule has 2 aromatic heterocycles. The van der Waals surface area contributed by atoms with Crippen LogP contribution in [0, 0.1) is 0 Å². The third-order valence-corrected chi connectivity index (χ3v) is 2.04. The molecule has 5 N–H and O–H groups in total. The molecular weight excluding hydrogens is 226 g/mol. The van der Waals surface area contributed by atoms with Crippen LogP contribution >= 0.6 is 0 Å². The molecule has 88 valence electrons. The number of amidine groups is 1. The fourth-order valence-electron chi connectivity index (χ4n) is 1.21. The number of H-pyrrole nitrogens is 1. The number of nitrogens with two attached hydrogens (primary N) is 1. The highest BCUT2D eigenvalue weighted by Gasteiger charge is 2.14. The molecular formula is C9H9N5O3. The van der Waals surface area contributed by atoms with Gasteiger partial charge >= 0.3 is 0 Å². The van der Waals surface area contributed by atoms with Gasteiger partial charge in [0.2, 0.25) is 0 Å². The van der Waals surface area contributed by atoms with Crippen LogP contribution in [-0.4, -0.2) is 27.1 Å². The molecule has 1 amide bonds. The van der Waals surface area contributed by atoms with Crippen LogP contribution in [0.3, 0.4) is 0 Å². The standard InChI is InChI=1S/C9H9N5O3/c10-7(14-16)6-3-11-13-8(6)12-9(15)5-1-2-17-4-5/h1-4,16H,(H2,10,14)(H2,11,12,13,15). The van der Waals surface area contributed by atoms with Gasteiger partial charge in [-0.2, -0.15) is 5.10 Å². The Hall–Kier alpha value is -2.77. The van der Waals surface area contributed by atoms with Crippen LogP contribution in [0.5, 0.6) is 0 Å². The summed E-state index contributed by atoms with van der Waals surface area (Å²) in [6.45, 7) is 0. The van der Waals surface area contributed by atoms with E-state index in [-0.39, 0.29) is 11.7 Å². The first-order valence-corrected chi connectivity index (χ1v) is 4.57. The first kappa shape index (κ1) is 10.7. The van der Waals surface area contributed by atoms with E-state index in [1.165, 1.54) is 24.8 Å². The molecule has 0 saturated carbocycles. The van der Waals surface area contributed by atoms with E-state index >= 15 is 0 Å². The highest BCUT2D eigenvalue weighted by atomic mass is 16.4. The van der Waals surface area contributed by atoms with Crippen LogP contribution in [0.2, 0.25) is 0 Å². The van der Waals surface area contributed by atoms with Gasteiger partial charge in [0, 0.05) is 0 Å². The van der Waals surface area contributed by atoms with Crippen LogP contribution in [0.25, 0.3) is 0 Å². The Labute approximate surface area is 95.1 Å². The number of anilines is 1. The summed E-state index contributed by atoms with van der Waals surface area (Å²) in [4.78, 5) is 11.7. The molecule has 0 bridgehead atoms. The van der Waals surface area contributed by atoms with Crippen molar-refractivity contribution in [1.29, 1.82) is 0 Å². The average molecular weight is 235 g/mol. The van der Waals surface area contributed by atoms with Gasteiger partial charge in [0.1, 0.15) is 12.1 Å². The van der Waals surface area contributed by atoms with Gasteiger partial charge in [0.15, 0.2) is 5.84 Å².